The van der Waals surface area contributed by atoms with Gasteiger partial charge in [-0.25, -0.2) is 0 Å². The number of hydrogen-bond acceptors (Lipinski definition) is 7. The molecule has 192 valence electrons. The van der Waals surface area contributed by atoms with Gasteiger partial charge in [-0.15, -0.1) is 0 Å². The predicted molar refractivity (Wildman–Crippen MR) is 139 cm³/mol. The molecule has 0 aliphatic carbocycles. The molecular weight excluding hydrogens is 498 g/mol. The SMILES string of the molecule is CCCOc1ccc(/C(O)=C2\C(=O)C(=O)N(c3cc(Cl)ccc3O)C2c2ccc(O)c(OCC)c2)cc1. The normalized spacial score (nSPS) is 16.7. The molecule has 37 heavy (non-hydrogen) atoms. The number of phenolic OH excluding ortho intramolecular Hbond substituents is 2. The van der Waals surface area contributed by atoms with Crippen LogP contribution in [0.5, 0.6) is 23.0 Å². The van der Waals surface area contributed by atoms with Gasteiger partial charge in [0.25, 0.3) is 11.7 Å². The van der Waals surface area contributed by atoms with Gasteiger partial charge in [-0.2, -0.15) is 0 Å². The third-order valence-electron chi connectivity index (χ3n) is 5.84. The van der Waals surface area contributed by atoms with Crippen LogP contribution in [0, 0.1) is 0 Å². The van der Waals surface area contributed by atoms with Crippen LogP contribution in [0.25, 0.3) is 5.76 Å². The molecule has 8 nitrogen and oxygen atoms in total. The molecule has 0 spiro atoms. The van der Waals surface area contributed by atoms with Crippen molar-refractivity contribution in [2.24, 2.45) is 0 Å². The lowest BCUT2D eigenvalue weighted by molar-refractivity contribution is -0.132. The van der Waals surface area contributed by atoms with Gasteiger partial charge in [0, 0.05) is 10.6 Å². The first-order chi connectivity index (χ1) is 17.8. The molecular formula is C28H26ClNO7. The third kappa shape index (κ3) is 5.06. The van der Waals surface area contributed by atoms with Crippen LogP contribution in [0.4, 0.5) is 5.69 Å². The average molecular weight is 524 g/mol. The average Bonchev–Trinajstić information content (AvgIpc) is 3.15. The topological polar surface area (TPSA) is 117 Å². The number of amides is 1. The standard InChI is InChI=1S/C28H26ClNO7/c1-3-13-37-19-9-5-16(6-10-19)26(33)24-25(17-7-11-22(32)23(14-17)36-4-2)30(28(35)27(24)34)20-15-18(29)8-12-21(20)31/h5-12,14-15,25,31-33H,3-4,13H2,1-2H3/b26-24+. The van der Waals surface area contributed by atoms with Crippen molar-refractivity contribution in [3.63, 3.8) is 0 Å². The minimum atomic E-state index is -1.15. The molecule has 0 saturated carbocycles. The Morgan fingerprint density at radius 3 is 2.32 bits per heavy atom. The first-order valence-corrected chi connectivity index (χ1v) is 12.1. The molecule has 0 aromatic heterocycles. The summed E-state index contributed by atoms with van der Waals surface area (Å²) in [5.41, 5.74) is 0.461. The summed E-state index contributed by atoms with van der Waals surface area (Å²) in [5, 5.41) is 32.3. The molecule has 0 radical (unpaired) electrons. The van der Waals surface area contributed by atoms with E-state index in [1.54, 1.807) is 31.2 Å². The highest BCUT2D eigenvalue weighted by Crippen LogP contribution is 2.46. The molecule has 3 N–H and O–H groups in total. The number of benzene rings is 3. The number of anilines is 1. The van der Waals surface area contributed by atoms with E-state index in [0.717, 1.165) is 11.3 Å². The molecule has 1 atom stereocenters. The molecule has 1 fully saturated rings. The highest BCUT2D eigenvalue weighted by molar-refractivity contribution is 6.52. The van der Waals surface area contributed by atoms with Gasteiger partial charge in [-0.1, -0.05) is 24.6 Å². The van der Waals surface area contributed by atoms with Crippen LogP contribution in [0.15, 0.2) is 66.2 Å². The van der Waals surface area contributed by atoms with Crippen molar-refractivity contribution in [3.8, 4) is 23.0 Å². The smallest absolute Gasteiger partial charge is 0.300 e. The molecule has 3 aromatic rings. The Morgan fingerprint density at radius 2 is 1.65 bits per heavy atom. The third-order valence-corrected chi connectivity index (χ3v) is 6.08. The molecule has 1 unspecified atom stereocenters. The summed E-state index contributed by atoms with van der Waals surface area (Å²) in [4.78, 5) is 27.7. The van der Waals surface area contributed by atoms with Crippen LogP contribution in [0.2, 0.25) is 5.02 Å². The number of aromatic hydroxyl groups is 2. The van der Waals surface area contributed by atoms with Gasteiger partial charge in [0.1, 0.15) is 17.3 Å². The molecule has 1 saturated heterocycles. The van der Waals surface area contributed by atoms with E-state index >= 15 is 0 Å². The number of phenols is 2. The van der Waals surface area contributed by atoms with E-state index in [1.807, 2.05) is 6.92 Å². The zero-order valence-corrected chi connectivity index (χ0v) is 21.0. The van der Waals surface area contributed by atoms with E-state index < -0.39 is 23.5 Å². The number of carbonyl (C=O) groups is 2. The molecule has 1 amide bonds. The fourth-order valence-electron chi connectivity index (χ4n) is 4.14. The molecule has 0 bridgehead atoms. The van der Waals surface area contributed by atoms with Crippen molar-refractivity contribution < 1.29 is 34.4 Å². The van der Waals surface area contributed by atoms with Gasteiger partial charge in [0.2, 0.25) is 0 Å². The zero-order chi connectivity index (χ0) is 26.7. The number of nitrogens with zero attached hydrogens (tertiary/aromatic N) is 1. The molecule has 1 aliphatic heterocycles. The maximum Gasteiger partial charge on any atom is 0.300 e. The summed E-state index contributed by atoms with van der Waals surface area (Å²) in [6.45, 7) is 4.52. The predicted octanol–water partition coefficient (Wildman–Crippen LogP) is 5.57. The van der Waals surface area contributed by atoms with Crippen molar-refractivity contribution in [1.29, 1.82) is 0 Å². The van der Waals surface area contributed by atoms with Crippen molar-refractivity contribution in [1.82, 2.24) is 0 Å². The Morgan fingerprint density at radius 1 is 0.946 bits per heavy atom. The lowest BCUT2D eigenvalue weighted by Gasteiger charge is -2.26. The maximum absolute atomic E-state index is 13.3. The second kappa shape index (κ2) is 10.8. The van der Waals surface area contributed by atoms with Crippen LogP contribution in [0.3, 0.4) is 0 Å². The van der Waals surface area contributed by atoms with Crippen molar-refractivity contribution in [2.45, 2.75) is 26.3 Å². The summed E-state index contributed by atoms with van der Waals surface area (Å²) in [6.07, 6.45) is 0.831. The minimum Gasteiger partial charge on any atom is -0.507 e. The summed E-state index contributed by atoms with van der Waals surface area (Å²) in [5.74, 6) is -1.98. The number of carbonyl (C=O) groups excluding carboxylic acids is 2. The summed E-state index contributed by atoms with van der Waals surface area (Å²) in [6, 6.07) is 13.8. The molecule has 1 aliphatic rings. The first kappa shape index (κ1) is 25.9. The second-order valence-corrected chi connectivity index (χ2v) is 8.77. The molecule has 3 aromatic carbocycles. The summed E-state index contributed by atoms with van der Waals surface area (Å²) >= 11 is 6.15. The van der Waals surface area contributed by atoms with Gasteiger partial charge < -0.3 is 24.8 Å². The minimum absolute atomic E-state index is 0.00648. The quantitative estimate of drug-likeness (QED) is 0.201. The largest absolute Gasteiger partial charge is 0.507 e. The van der Waals surface area contributed by atoms with Crippen LogP contribution >= 0.6 is 11.6 Å². The molecule has 9 heteroatoms. The summed E-state index contributed by atoms with van der Waals surface area (Å²) < 4.78 is 11.1. The highest BCUT2D eigenvalue weighted by Gasteiger charge is 2.48. The highest BCUT2D eigenvalue weighted by atomic mass is 35.5. The number of ketones is 1. The Bertz CT molecular complexity index is 1370. The Balaban J connectivity index is 1.91. The van der Waals surface area contributed by atoms with Gasteiger partial charge in [-0.3, -0.25) is 14.5 Å². The molecule has 4 rings (SSSR count). The first-order valence-electron chi connectivity index (χ1n) is 11.7. The van der Waals surface area contributed by atoms with Gasteiger partial charge in [0.05, 0.1) is 30.5 Å². The molecule has 1 heterocycles. The number of hydrogen-bond donors (Lipinski definition) is 3. The van der Waals surface area contributed by atoms with Crippen molar-refractivity contribution in [3.05, 3.63) is 82.4 Å². The van der Waals surface area contributed by atoms with Crippen molar-refractivity contribution in [2.75, 3.05) is 18.1 Å². The van der Waals surface area contributed by atoms with Gasteiger partial charge in [-0.05, 0) is 73.5 Å². The van der Waals surface area contributed by atoms with E-state index in [-0.39, 0.29) is 40.1 Å². The van der Waals surface area contributed by atoms with E-state index in [2.05, 4.69) is 0 Å². The number of halogens is 1. The van der Waals surface area contributed by atoms with E-state index in [4.69, 9.17) is 21.1 Å². The fraction of sp³-hybridized carbons (Fsp3) is 0.214. The van der Waals surface area contributed by atoms with Gasteiger partial charge in [0.15, 0.2) is 11.5 Å². The van der Waals surface area contributed by atoms with Crippen LogP contribution in [-0.2, 0) is 9.59 Å². The summed E-state index contributed by atoms with van der Waals surface area (Å²) in [7, 11) is 0. The number of rotatable bonds is 8. The second-order valence-electron chi connectivity index (χ2n) is 8.34. The van der Waals surface area contributed by atoms with Crippen molar-refractivity contribution >= 4 is 34.7 Å². The zero-order valence-electron chi connectivity index (χ0n) is 20.3. The van der Waals surface area contributed by atoms with Gasteiger partial charge >= 0.3 is 0 Å². The lowest BCUT2D eigenvalue weighted by atomic mass is 9.94. The van der Waals surface area contributed by atoms with E-state index in [1.165, 1.54) is 36.4 Å². The van der Waals surface area contributed by atoms with E-state index in [9.17, 15) is 24.9 Å². The number of ether oxygens (including phenoxy) is 2. The number of Topliss-reactive ketones (excluding diaryl/α,β-unsaturated/α-hetero) is 1. The monoisotopic (exact) mass is 523 g/mol. The number of aliphatic hydroxyl groups excluding tert-OH is 1. The lowest BCUT2D eigenvalue weighted by Crippen LogP contribution is -2.29. The number of aliphatic hydroxyl groups is 1. The Hall–Kier alpha value is -4.17. The van der Waals surface area contributed by atoms with Crippen LogP contribution < -0.4 is 14.4 Å². The Labute approximate surface area is 218 Å². The maximum atomic E-state index is 13.3. The van der Waals surface area contributed by atoms with E-state index in [0.29, 0.717) is 23.5 Å². The Kier molecular flexibility index (Phi) is 7.59. The fourth-order valence-corrected chi connectivity index (χ4v) is 4.31. The van der Waals surface area contributed by atoms with Crippen LogP contribution in [0.1, 0.15) is 37.4 Å². The van der Waals surface area contributed by atoms with Crippen LogP contribution in [-0.4, -0.2) is 40.2 Å².